The van der Waals surface area contributed by atoms with Crippen molar-refractivity contribution in [3.05, 3.63) is 52.0 Å². The number of anilines is 1. The van der Waals surface area contributed by atoms with Crippen molar-refractivity contribution in [2.24, 2.45) is 4.99 Å². The number of nitrogens with zero attached hydrogens (tertiary/aromatic N) is 1. The van der Waals surface area contributed by atoms with Crippen LogP contribution < -0.4 is 10.6 Å². The standard InChI is InChI=1S/C18H18BrN3O2S/c1-3-16(23)22-18(25)21-14-6-4-13(5-7-14)20-10-12-8-11(2)9-15(19)17(12)24/h4-10,24H,3H2,1-2H3,(H2,21,22,23,25). The quantitative estimate of drug-likeness (QED) is 0.505. The number of aromatic hydroxyl groups is 1. The second-order valence-corrected chi connectivity index (χ2v) is 6.61. The lowest BCUT2D eigenvalue weighted by molar-refractivity contribution is -0.119. The molecule has 2 aromatic carbocycles. The van der Waals surface area contributed by atoms with Crippen molar-refractivity contribution in [2.45, 2.75) is 20.3 Å². The van der Waals surface area contributed by atoms with Gasteiger partial charge in [0.25, 0.3) is 0 Å². The molecule has 1 amide bonds. The number of thiocarbonyl (C=S) groups is 1. The fourth-order valence-electron chi connectivity index (χ4n) is 2.01. The molecule has 0 heterocycles. The van der Waals surface area contributed by atoms with Gasteiger partial charge in [-0.3, -0.25) is 9.79 Å². The van der Waals surface area contributed by atoms with E-state index in [1.54, 1.807) is 13.1 Å². The van der Waals surface area contributed by atoms with Gasteiger partial charge in [0, 0.05) is 23.9 Å². The lowest BCUT2D eigenvalue weighted by atomic mass is 10.1. The van der Waals surface area contributed by atoms with Gasteiger partial charge in [-0.2, -0.15) is 0 Å². The van der Waals surface area contributed by atoms with Crippen LogP contribution in [0.1, 0.15) is 24.5 Å². The van der Waals surface area contributed by atoms with Gasteiger partial charge in [0.15, 0.2) is 5.11 Å². The molecule has 0 unspecified atom stereocenters. The topological polar surface area (TPSA) is 73.7 Å². The molecule has 3 N–H and O–H groups in total. The predicted octanol–water partition coefficient (Wildman–Crippen LogP) is 4.44. The summed E-state index contributed by atoms with van der Waals surface area (Å²) in [5.41, 5.74) is 3.14. The molecular formula is C18H18BrN3O2S. The highest BCUT2D eigenvalue weighted by Crippen LogP contribution is 2.28. The number of amides is 1. The number of phenolic OH excluding ortho intramolecular Hbond substituents is 1. The van der Waals surface area contributed by atoms with Crippen LogP contribution in [0, 0.1) is 6.92 Å². The maximum absolute atomic E-state index is 11.3. The highest BCUT2D eigenvalue weighted by Gasteiger charge is 2.05. The smallest absolute Gasteiger partial charge is 0.225 e. The zero-order valence-corrected chi connectivity index (χ0v) is 16.2. The zero-order chi connectivity index (χ0) is 18.4. The van der Waals surface area contributed by atoms with Crippen molar-refractivity contribution in [1.29, 1.82) is 0 Å². The number of carbonyl (C=O) groups excluding carboxylic acids is 1. The van der Waals surface area contributed by atoms with Crippen molar-refractivity contribution in [2.75, 3.05) is 5.32 Å². The molecule has 7 heteroatoms. The van der Waals surface area contributed by atoms with Crippen LogP contribution in [0.4, 0.5) is 11.4 Å². The van der Waals surface area contributed by atoms with E-state index in [0.717, 1.165) is 16.9 Å². The summed E-state index contributed by atoms with van der Waals surface area (Å²) >= 11 is 8.38. The fraction of sp³-hybridized carbons (Fsp3) is 0.167. The number of rotatable bonds is 4. The Hall–Kier alpha value is -2.25. The Labute approximate surface area is 160 Å². The average molecular weight is 420 g/mol. The number of hydrogen-bond acceptors (Lipinski definition) is 4. The highest BCUT2D eigenvalue weighted by atomic mass is 79.9. The first-order valence-corrected chi connectivity index (χ1v) is 8.83. The molecule has 0 saturated heterocycles. The van der Waals surface area contributed by atoms with E-state index in [1.165, 1.54) is 0 Å². The van der Waals surface area contributed by atoms with Crippen molar-refractivity contribution in [1.82, 2.24) is 5.32 Å². The molecule has 0 aliphatic rings. The first-order chi connectivity index (χ1) is 11.9. The van der Waals surface area contributed by atoms with E-state index in [2.05, 4.69) is 31.6 Å². The molecule has 0 bridgehead atoms. The Balaban J connectivity index is 2.05. The first-order valence-electron chi connectivity index (χ1n) is 7.63. The maximum Gasteiger partial charge on any atom is 0.225 e. The number of aliphatic imine (C=N–C) groups is 1. The largest absolute Gasteiger partial charge is 0.506 e. The molecule has 0 fully saturated rings. The Bertz CT molecular complexity index is 820. The van der Waals surface area contributed by atoms with E-state index >= 15 is 0 Å². The molecule has 0 saturated carbocycles. The van der Waals surface area contributed by atoms with Crippen molar-refractivity contribution in [3.63, 3.8) is 0 Å². The van der Waals surface area contributed by atoms with E-state index in [4.69, 9.17) is 12.2 Å². The third-order valence-corrected chi connectivity index (χ3v) is 4.10. The van der Waals surface area contributed by atoms with Crippen LogP contribution in [0.15, 0.2) is 45.9 Å². The summed E-state index contributed by atoms with van der Waals surface area (Å²) in [5.74, 6) is 0.0208. The van der Waals surface area contributed by atoms with Gasteiger partial charge < -0.3 is 15.7 Å². The molecular weight excluding hydrogens is 402 g/mol. The molecule has 2 rings (SSSR count). The molecule has 0 spiro atoms. The highest BCUT2D eigenvalue weighted by molar-refractivity contribution is 9.10. The molecule has 130 valence electrons. The number of hydrogen-bond donors (Lipinski definition) is 3. The van der Waals surface area contributed by atoms with Gasteiger partial charge in [-0.15, -0.1) is 0 Å². The SMILES string of the molecule is CCC(=O)NC(=S)Nc1ccc(N=Cc2cc(C)cc(Br)c2O)cc1. The maximum atomic E-state index is 11.3. The summed E-state index contributed by atoms with van der Waals surface area (Å²) in [6, 6.07) is 10.9. The number of halogens is 1. The predicted molar refractivity (Wildman–Crippen MR) is 109 cm³/mol. The Kier molecular flexibility index (Phi) is 6.66. The zero-order valence-electron chi connectivity index (χ0n) is 13.8. The van der Waals surface area contributed by atoms with Crippen LogP contribution in [-0.2, 0) is 4.79 Å². The van der Waals surface area contributed by atoms with Crippen LogP contribution in [-0.4, -0.2) is 22.3 Å². The second kappa shape index (κ2) is 8.73. The summed E-state index contributed by atoms with van der Waals surface area (Å²) in [6.07, 6.45) is 1.99. The average Bonchev–Trinajstić information content (AvgIpc) is 2.57. The van der Waals surface area contributed by atoms with E-state index < -0.39 is 0 Å². The molecule has 0 radical (unpaired) electrons. The third kappa shape index (κ3) is 5.65. The minimum Gasteiger partial charge on any atom is -0.506 e. The molecule has 2 aromatic rings. The van der Waals surface area contributed by atoms with Crippen LogP contribution >= 0.6 is 28.1 Å². The fourth-order valence-corrected chi connectivity index (χ4v) is 2.83. The molecule has 0 aromatic heterocycles. The van der Waals surface area contributed by atoms with Gasteiger partial charge in [-0.1, -0.05) is 6.92 Å². The number of aryl methyl sites for hydroxylation is 1. The molecule has 0 aliphatic carbocycles. The normalized spacial score (nSPS) is 10.7. The van der Waals surface area contributed by atoms with Crippen LogP contribution in [0.25, 0.3) is 0 Å². The molecule has 0 aliphatic heterocycles. The Morgan fingerprint density at radius 1 is 1.32 bits per heavy atom. The van der Waals surface area contributed by atoms with Gasteiger partial charge in [0.1, 0.15) is 5.75 Å². The summed E-state index contributed by atoms with van der Waals surface area (Å²) in [5, 5.41) is 15.8. The summed E-state index contributed by atoms with van der Waals surface area (Å²) in [6.45, 7) is 3.71. The minimum absolute atomic E-state index is 0.136. The number of phenols is 1. The van der Waals surface area contributed by atoms with E-state index in [0.29, 0.717) is 16.5 Å². The van der Waals surface area contributed by atoms with E-state index in [-0.39, 0.29) is 16.8 Å². The van der Waals surface area contributed by atoms with E-state index in [1.807, 2.05) is 43.3 Å². The van der Waals surface area contributed by atoms with Gasteiger partial charge in [0.05, 0.1) is 10.2 Å². The van der Waals surface area contributed by atoms with Gasteiger partial charge in [0.2, 0.25) is 5.91 Å². The number of carbonyl (C=O) groups is 1. The molecule has 0 atom stereocenters. The summed E-state index contributed by atoms with van der Waals surface area (Å²) < 4.78 is 0.635. The Morgan fingerprint density at radius 3 is 2.64 bits per heavy atom. The number of benzene rings is 2. The van der Waals surface area contributed by atoms with Gasteiger partial charge in [-0.05, 0) is 77.0 Å². The van der Waals surface area contributed by atoms with Crippen LogP contribution in [0.3, 0.4) is 0 Å². The van der Waals surface area contributed by atoms with Crippen molar-refractivity contribution < 1.29 is 9.90 Å². The Morgan fingerprint density at radius 2 is 2.00 bits per heavy atom. The summed E-state index contributed by atoms with van der Waals surface area (Å²) in [4.78, 5) is 15.6. The van der Waals surface area contributed by atoms with Gasteiger partial charge in [-0.25, -0.2) is 0 Å². The number of nitrogens with one attached hydrogen (secondary N) is 2. The van der Waals surface area contributed by atoms with Crippen molar-refractivity contribution >= 4 is 56.8 Å². The molecule has 25 heavy (non-hydrogen) atoms. The van der Waals surface area contributed by atoms with Gasteiger partial charge >= 0.3 is 0 Å². The third-order valence-electron chi connectivity index (χ3n) is 3.29. The monoisotopic (exact) mass is 419 g/mol. The van der Waals surface area contributed by atoms with Crippen LogP contribution in [0.5, 0.6) is 5.75 Å². The van der Waals surface area contributed by atoms with Crippen molar-refractivity contribution in [3.8, 4) is 5.75 Å². The molecule has 5 nitrogen and oxygen atoms in total. The summed E-state index contributed by atoms with van der Waals surface area (Å²) in [7, 11) is 0. The van der Waals surface area contributed by atoms with E-state index in [9.17, 15) is 9.90 Å². The van der Waals surface area contributed by atoms with Crippen LogP contribution in [0.2, 0.25) is 0 Å². The second-order valence-electron chi connectivity index (χ2n) is 5.35. The minimum atomic E-state index is -0.136. The lowest BCUT2D eigenvalue weighted by Crippen LogP contribution is -2.33. The lowest BCUT2D eigenvalue weighted by Gasteiger charge is -2.08. The first kappa shape index (κ1) is 19.1.